The van der Waals surface area contributed by atoms with Crippen molar-refractivity contribution in [3.63, 3.8) is 0 Å². The van der Waals surface area contributed by atoms with Crippen molar-refractivity contribution in [2.45, 2.75) is 30.2 Å². The molecule has 0 fully saturated rings. The Balaban J connectivity index is 1.66. The molecule has 2 aromatic rings. The van der Waals surface area contributed by atoms with E-state index in [1.54, 1.807) is 29.9 Å². The van der Waals surface area contributed by atoms with Crippen LogP contribution in [-0.2, 0) is 22.3 Å². The molecule has 9 heteroatoms. The van der Waals surface area contributed by atoms with Crippen molar-refractivity contribution in [2.24, 2.45) is 7.05 Å². The SMILES string of the molecule is Cn1nnnc1SCc1ccc(C(=O)OC2=CC(=O)CCC2)c(Cl)c1. The normalized spacial score (nSPS) is 14.3. The molecule has 130 valence electrons. The molecule has 0 bridgehead atoms. The van der Waals surface area contributed by atoms with Gasteiger partial charge in [-0.05, 0) is 34.5 Å². The van der Waals surface area contributed by atoms with Crippen LogP contribution in [0.3, 0.4) is 0 Å². The second kappa shape index (κ2) is 7.79. The maximum Gasteiger partial charge on any atom is 0.344 e. The van der Waals surface area contributed by atoms with Crippen LogP contribution in [0.25, 0.3) is 0 Å². The van der Waals surface area contributed by atoms with Crippen molar-refractivity contribution < 1.29 is 14.3 Å². The van der Waals surface area contributed by atoms with Crippen LogP contribution in [0.5, 0.6) is 0 Å². The lowest BCUT2D eigenvalue weighted by atomic mass is 10.1. The zero-order valence-corrected chi connectivity index (χ0v) is 15.0. The molecule has 0 spiro atoms. The number of nitrogens with zero attached hydrogens (tertiary/aromatic N) is 4. The molecule has 1 aromatic heterocycles. The van der Waals surface area contributed by atoms with Crippen molar-refractivity contribution in [1.29, 1.82) is 0 Å². The second-order valence-corrected chi connectivity index (χ2v) is 6.86. The van der Waals surface area contributed by atoms with Gasteiger partial charge in [0.1, 0.15) is 5.76 Å². The van der Waals surface area contributed by atoms with Crippen LogP contribution in [0, 0.1) is 0 Å². The van der Waals surface area contributed by atoms with E-state index in [1.165, 1.54) is 17.8 Å². The van der Waals surface area contributed by atoms with Crippen molar-refractivity contribution in [2.75, 3.05) is 0 Å². The first-order valence-electron chi connectivity index (χ1n) is 7.62. The summed E-state index contributed by atoms with van der Waals surface area (Å²) >= 11 is 7.68. The van der Waals surface area contributed by atoms with Crippen molar-refractivity contribution >= 4 is 35.1 Å². The van der Waals surface area contributed by atoms with Gasteiger partial charge in [0.15, 0.2) is 5.78 Å². The van der Waals surface area contributed by atoms with Gasteiger partial charge >= 0.3 is 5.97 Å². The number of hydrogen-bond acceptors (Lipinski definition) is 7. The molecule has 7 nitrogen and oxygen atoms in total. The molecule has 0 radical (unpaired) electrons. The topological polar surface area (TPSA) is 87.0 Å². The highest BCUT2D eigenvalue weighted by atomic mass is 35.5. The Kier molecular flexibility index (Phi) is 5.50. The number of tetrazole rings is 1. The molecule has 1 aliphatic rings. The van der Waals surface area contributed by atoms with Gasteiger partial charge in [-0.2, -0.15) is 0 Å². The van der Waals surface area contributed by atoms with E-state index < -0.39 is 5.97 Å². The van der Waals surface area contributed by atoms with Crippen LogP contribution in [0.2, 0.25) is 5.02 Å². The third kappa shape index (κ3) is 4.46. The van der Waals surface area contributed by atoms with E-state index in [4.69, 9.17) is 16.3 Å². The van der Waals surface area contributed by atoms with Crippen LogP contribution >= 0.6 is 23.4 Å². The van der Waals surface area contributed by atoms with Crippen molar-refractivity contribution in [3.05, 3.63) is 46.2 Å². The summed E-state index contributed by atoms with van der Waals surface area (Å²) in [6, 6.07) is 5.15. The zero-order valence-electron chi connectivity index (χ0n) is 13.4. The molecule has 0 N–H and O–H groups in total. The standard InChI is InChI=1S/C16H15ClN4O3S/c1-21-16(18-19-20-21)25-9-10-5-6-13(14(17)7-10)15(23)24-12-4-2-3-11(22)8-12/h5-8H,2-4,9H2,1H3. The fourth-order valence-electron chi connectivity index (χ4n) is 2.32. The molecular weight excluding hydrogens is 364 g/mol. The number of aryl methyl sites for hydroxylation is 1. The molecule has 1 aliphatic carbocycles. The molecule has 25 heavy (non-hydrogen) atoms. The number of carbonyl (C=O) groups excluding carboxylic acids is 2. The molecule has 0 unspecified atom stereocenters. The highest BCUT2D eigenvalue weighted by molar-refractivity contribution is 7.98. The van der Waals surface area contributed by atoms with Gasteiger partial charge in [0, 0.05) is 31.7 Å². The number of allylic oxidation sites excluding steroid dienone is 2. The smallest absolute Gasteiger partial charge is 0.344 e. The third-order valence-corrected chi connectivity index (χ3v) is 4.99. The molecule has 1 heterocycles. The molecule has 0 aliphatic heterocycles. The number of benzene rings is 1. The van der Waals surface area contributed by atoms with Crippen LogP contribution in [0.1, 0.15) is 35.2 Å². The molecule has 3 rings (SSSR count). The molecule has 0 saturated carbocycles. The Morgan fingerprint density at radius 2 is 2.24 bits per heavy atom. The number of carbonyl (C=O) groups is 2. The first-order valence-corrected chi connectivity index (χ1v) is 8.98. The number of thioether (sulfide) groups is 1. The first-order chi connectivity index (χ1) is 12.0. The minimum Gasteiger partial charge on any atom is -0.427 e. The number of halogens is 1. The van der Waals surface area contributed by atoms with E-state index in [1.807, 2.05) is 0 Å². The predicted molar refractivity (Wildman–Crippen MR) is 92.2 cm³/mol. The number of ether oxygens (including phenoxy) is 1. The molecule has 0 atom stereocenters. The highest BCUT2D eigenvalue weighted by Gasteiger charge is 2.18. The summed E-state index contributed by atoms with van der Waals surface area (Å²) in [4.78, 5) is 23.6. The number of hydrogen-bond donors (Lipinski definition) is 0. The van der Waals surface area contributed by atoms with E-state index >= 15 is 0 Å². The Labute approximate surface area is 153 Å². The van der Waals surface area contributed by atoms with Gasteiger partial charge in [-0.15, -0.1) is 5.10 Å². The van der Waals surface area contributed by atoms with E-state index in [0.29, 0.717) is 41.0 Å². The first kappa shape index (κ1) is 17.6. The summed E-state index contributed by atoms with van der Waals surface area (Å²) in [5.74, 6) is 0.434. The minimum atomic E-state index is -0.553. The lowest BCUT2D eigenvalue weighted by Crippen LogP contribution is -2.11. The van der Waals surface area contributed by atoms with Gasteiger partial charge in [0.2, 0.25) is 5.16 Å². The van der Waals surface area contributed by atoms with Crippen LogP contribution in [0.15, 0.2) is 35.2 Å². The summed E-state index contributed by atoms with van der Waals surface area (Å²) in [5, 5.41) is 12.2. The number of rotatable bonds is 5. The summed E-state index contributed by atoms with van der Waals surface area (Å²) in [6.45, 7) is 0. The van der Waals surface area contributed by atoms with Crippen LogP contribution in [0.4, 0.5) is 0 Å². The van der Waals surface area contributed by atoms with Gasteiger partial charge in [-0.1, -0.05) is 29.4 Å². The third-order valence-electron chi connectivity index (χ3n) is 3.59. The molecule has 0 amide bonds. The van der Waals surface area contributed by atoms with Crippen LogP contribution in [-0.4, -0.2) is 32.0 Å². The lowest BCUT2D eigenvalue weighted by Gasteiger charge is -2.13. The molecule has 0 saturated heterocycles. The summed E-state index contributed by atoms with van der Waals surface area (Å²) in [5.41, 5.74) is 1.20. The average Bonchev–Trinajstić information content (AvgIpc) is 2.98. The van der Waals surface area contributed by atoms with Gasteiger partial charge < -0.3 is 4.74 Å². The quantitative estimate of drug-likeness (QED) is 0.583. The van der Waals surface area contributed by atoms with E-state index in [0.717, 1.165) is 5.56 Å². The molecular formula is C16H15ClN4O3S. The number of ketones is 1. The van der Waals surface area contributed by atoms with Gasteiger partial charge in [0.25, 0.3) is 0 Å². The molecule has 1 aromatic carbocycles. The maximum atomic E-state index is 12.2. The van der Waals surface area contributed by atoms with Crippen molar-refractivity contribution in [1.82, 2.24) is 20.2 Å². The highest BCUT2D eigenvalue weighted by Crippen LogP contribution is 2.26. The van der Waals surface area contributed by atoms with E-state index in [9.17, 15) is 9.59 Å². The Bertz CT molecular complexity index is 850. The Morgan fingerprint density at radius 3 is 2.92 bits per heavy atom. The average molecular weight is 379 g/mol. The van der Waals surface area contributed by atoms with Crippen LogP contribution < -0.4 is 0 Å². The van der Waals surface area contributed by atoms with Gasteiger partial charge in [-0.25, -0.2) is 9.48 Å². The minimum absolute atomic E-state index is 0.0224. The number of aromatic nitrogens is 4. The van der Waals surface area contributed by atoms with Gasteiger partial charge in [0.05, 0.1) is 10.6 Å². The predicted octanol–water partition coefficient (Wildman–Crippen LogP) is 2.95. The van der Waals surface area contributed by atoms with E-state index in [2.05, 4.69) is 15.5 Å². The van der Waals surface area contributed by atoms with Crippen molar-refractivity contribution in [3.8, 4) is 0 Å². The van der Waals surface area contributed by atoms with Gasteiger partial charge in [-0.3, -0.25) is 4.79 Å². The van der Waals surface area contributed by atoms with E-state index in [-0.39, 0.29) is 11.3 Å². The summed E-state index contributed by atoms with van der Waals surface area (Å²) in [6.07, 6.45) is 3.15. The number of esters is 1. The summed E-state index contributed by atoms with van der Waals surface area (Å²) < 4.78 is 6.87. The maximum absolute atomic E-state index is 12.2. The largest absolute Gasteiger partial charge is 0.427 e. The second-order valence-electron chi connectivity index (χ2n) is 5.51. The Hall–Kier alpha value is -2.19. The lowest BCUT2D eigenvalue weighted by molar-refractivity contribution is -0.115. The fourth-order valence-corrected chi connectivity index (χ4v) is 3.39. The Morgan fingerprint density at radius 1 is 1.40 bits per heavy atom. The summed E-state index contributed by atoms with van der Waals surface area (Å²) in [7, 11) is 1.76. The fraction of sp³-hybridized carbons (Fsp3) is 0.312. The monoisotopic (exact) mass is 378 g/mol. The zero-order chi connectivity index (χ0) is 17.8.